The van der Waals surface area contributed by atoms with Gasteiger partial charge in [-0.05, 0) is 19.9 Å². The molecule has 0 aromatic carbocycles. The predicted molar refractivity (Wildman–Crippen MR) is 65.2 cm³/mol. The van der Waals surface area contributed by atoms with Crippen molar-refractivity contribution in [2.75, 3.05) is 7.05 Å². The quantitative estimate of drug-likeness (QED) is 0.470. The third kappa shape index (κ3) is 6.46. The monoisotopic (exact) mass is 203 g/mol. The number of nitrogens with one attached hydrogen (secondary N) is 1. The zero-order valence-electron chi connectivity index (χ0n) is 9.53. The first-order chi connectivity index (χ1) is 6.18. The van der Waals surface area contributed by atoms with E-state index in [9.17, 15) is 0 Å². The van der Waals surface area contributed by atoms with E-state index in [1.165, 1.54) is 44.9 Å². The minimum atomic E-state index is 0.298. The van der Waals surface area contributed by atoms with Crippen LogP contribution in [0.4, 0.5) is 0 Å². The summed E-state index contributed by atoms with van der Waals surface area (Å²) in [5, 5.41) is 3.68. The van der Waals surface area contributed by atoms with Crippen molar-refractivity contribution in [1.29, 1.82) is 0 Å². The molecule has 0 saturated carbocycles. The fourth-order valence-corrected chi connectivity index (χ4v) is 1.73. The van der Waals surface area contributed by atoms with Crippen LogP contribution in [0.25, 0.3) is 0 Å². The van der Waals surface area contributed by atoms with Gasteiger partial charge in [0.15, 0.2) is 0 Å². The van der Waals surface area contributed by atoms with Crippen LogP contribution < -0.4 is 5.32 Å². The molecular formula is C11H26NP. The lowest BCUT2D eigenvalue weighted by atomic mass is 10.0. The molecule has 13 heavy (non-hydrogen) atoms. The average Bonchev–Trinajstić information content (AvgIpc) is 2.17. The van der Waals surface area contributed by atoms with Crippen molar-refractivity contribution in [3.05, 3.63) is 0 Å². The Balaban J connectivity index is 3.39. The topological polar surface area (TPSA) is 12.0 Å². The molecule has 0 rings (SSSR count). The molecule has 0 aliphatic rings. The molecule has 0 saturated heterocycles. The lowest BCUT2D eigenvalue weighted by molar-refractivity contribution is 0.431. The maximum atomic E-state index is 3.38. The third-order valence-electron chi connectivity index (χ3n) is 2.86. The lowest BCUT2D eigenvalue weighted by Gasteiger charge is -2.27. The van der Waals surface area contributed by atoms with Crippen molar-refractivity contribution in [3.63, 3.8) is 0 Å². The highest BCUT2D eigenvalue weighted by atomic mass is 31.0. The zero-order valence-corrected chi connectivity index (χ0v) is 10.7. The van der Waals surface area contributed by atoms with Gasteiger partial charge in [0.1, 0.15) is 0 Å². The standard InChI is InChI=1S/C11H26NP/c1-4-6-7-8-9-10-11(13,5-2)12-3/h12H,4-10,13H2,1-3H3. The van der Waals surface area contributed by atoms with Gasteiger partial charge >= 0.3 is 0 Å². The van der Waals surface area contributed by atoms with Gasteiger partial charge in [-0.3, -0.25) is 0 Å². The predicted octanol–water partition coefficient (Wildman–Crippen LogP) is 3.55. The van der Waals surface area contributed by atoms with E-state index >= 15 is 0 Å². The zero-order chi connectivity index (χ0) is 10.2. The summed E-state index contributed by atoms with van der Waals surface area (Å²) in [4.78, 5) is 0. The van der Waals surface area contributed by atoms with E-state index < -0.39 is 0 Å². The molecule has 0 heterocycles. The first kappa shape index (κ1) is 13.4. The van der Waals surface area contributed by atoms with Gasteiger partial charge in [-0.1, -0.05) is 46.0 Å². The molecule has 0 bridgehead atoms. The number of rotatable bonds is 8. The maximum absolute atomic E-state index is 3.38. The Morgan fingerprint density at radius 3 is 2.15 bits per heavy atom. The SMILES string of the molecule is CCCCCCCC(P)(CC)NC. The van der Waals surface area contributed by atoms with Gasteiger partial charge in [0.05, 0.1) is 0 Å². The van der Waals surface area contributed by atoms with Crippen molar-refractivity contribution in [2.45, 2.75) is 64.1 Å². The van der Waals surface area contributed by atoms with Crippen molar-refractivity contribution >= 4 is 9.24 Å². The molecule has 2 heteroatoms. The van der Waals surface area contributed by atoms with Gasteiger partial charge < -0.3 is 5.32 Å². The fraction of sp³-hybridized carbons (Fsp3) is 1.00. The van der Waals surface area contributed by atoms with Crippen molar-refractivity contribution in [2.24, 2.45) is 0 Å². The molecule has 0 radical (unpaired) electrons. The smallest absolute Gasteiger partial charge is 0.0317 e. The lowest BCUT2D eigenvalue weighted by Crippen LogP contribution is -2.35. The molecule has 1 nitrogen and oxygen atoms in total. The van der Waals surface area contributed by atoms with E-state index in [-0.39, 0.29) is 0 Å². The Morgan fingerprint density at radius 2 is 1.69 bits per heavy atom. The maximum Gasteiger partial charge on any atom is 0.0317 e. The second kappa shape index (κ2) is 7.76. The molecule has 0 aliphatic heterocycles. The van der Waals surface area contributed by atoms with Gasteiger partial charge in [0.2, 0.25) is 0 Å². The average molecular weight is 203 g/mol. The molecule has 0 amide bonds. The molecule has 2 atom stereocenters. The molecule has 0 fully saturated rings. The van der Waals surface area contributed by atoms with E-state index in [1.807, 2.05) is 0 Å². The van der Waals surface area contributed by atoms with Crippen LogP contribution in [0.5, 0.6) is 0 Å². The van der Waals surface area contributed by atoms with Crippen LogP contribution in [0.2, 0.25) is 0 Å². The summed E-state index contributed by atoms with van der Waals surface area (Å²) in [6.45, 7) is 4.51. The van der Waals surface area contributed by atoms with Crippen LogP contribution in [0.1, 0.15) is 58.8 Å². The van der Waals surface area contributed by atoms with E-state index in [0.29, 0.717) is 5.28 Å². The van der Waals surface area contributed by atoms with Crippen molar-refractivity contribution < 1.29 is 0 Å². The summed E-state index contributed by atoms with van der Waals surface area (Å²) in [6.07, 6.45) is 9.38. The Labute approximate surface area is 86.3 Å². The minimum Gasteiger partial charge on any atom is -0.311 e. The molecular weight excluding hydrogens is 177 g/mol. The van der Waals surface area contributed by atoms with Crippen molar-refractivity contribution in [3.8, 4) is 0 Å². The molecule has 1 N–H and O–H groups in total. The summed E-state index contributed by atoms with van der Waals surface area (Å²) in [6, 6.07) is 0. The normalized spacial score (nSPS) is 15.7. The Morgan fingerprint density at radius 1 is 1.08 bits per heavy atom. The van der Waals surface area contributed by atoms with Gasteiger partial charge in [-0.15, -0.1) is 9.24 Å². The van der Waals surface area contributed by atoms with Gasteiger partial charge in [0, 0.05) is 5.28 Å². The second-order valence-corrected chi connectivity index (χ2v) is 5.03. The van der Waals surface area contributed by atoms with Crippen LogP contribution in [0.15, 0.2) is 0 Å². The number of hydrogen-bond donors (Lipinski definition) is 1. The summed E-state index contributed by atoms with van der Waals surface area (Å²) >= 11 is 0. The van der Waals surface area contributed by atoms with Crippen LogP contribution in [-0.4, -0.2) is 12.3 Å². The summed E-state index contributed by atoms with van der Waals surface area (Å²) in [5.74, 6) is 0. The van der Waals surface area contributed by atoms with Crippen LogP contribution >= 0.6 is 9.24 Å². The Kier molecular flexibility index (Phi) is 8.00. The Bertz CT molecular complexity index is 111. The van der Waals surface area contributed by atoms with Gasteiger partial charge in [-0.2, -0.15) is 0 Å². The van der Waals surface area contributed by atoms with Crippen molar-refractivity contribution in [1.82, 2.24) is 5.32 Å². The number of hydrogen-bond acceptors (Lipinski definition) is 1. The highest BCUT2D eigenvalue weighted by Crippen LogP contribution is 2.25. The molecule has 0 aliphatic carbocycles. The Hall–Kier alpha value is 0.390. The van der Waals surface area contributed by atoms with E-state index in [4.69, 9.17) is 0 Å². The third-order valence-corrected chi connectivity index (χ3v) is 3.84. The largest absolute Gasteiger partial charge is 0.311 e. The highest BCUT2D eigenvalue weighted by Gasteiger charge is 2.17. The van der Waals surface area contributed by atoms with Gasteiger partial charge in [-0.25, -0.2) is 0 Å². The summed E-state index contributed by atoms with van der Waals surface area (Å²) in [5.41, 5.74) is 0. The fourth-order valence-electron chi connectivity index (χ4n) is 1.52. The van der Waals surface area contributed by atoms with Crippen LogP contribution in [0.3, 0.4) is 0 Å². The van der Waals surface area contributed by atoms with Gasteiger partial charge in [0.25, 0.3) is 0 Å². The van der Waals surface area contributed by atoms with Crippen LogP contribution in [-0.2, 0) is 0 Å². The second-order valence-electron chi connectivity index (χ2n) is 3.92. The number of unbranched alkanes of at least 4 members (excludes halogenated alkanes) is 4. The molecule has 80 valence electrons. The molecule has 0 spiro atoms. The minimum absolute atomic E-state index is 0.298. The first-order valence-corrected chi connectivity index (χ1v) is 6.24. The van der Waals surface area contributed by atoms with E-state index in [0.717, 1.165) is 0 Å². The summed E-state index contributed by atoms with van der Waals surface area (Å²) in [7, 11) is 5.01. The van der Waals surface area contributed by atoms with E-state index in [1.54, 1.807) is 0 Å². The molecule has 0 aromatic rings. The molecule has 0 aromatic heterocycles. The molecule has 2 unspecified atom stereocenters. The van der Waals surface area contributed by atoms with Crippen LogP contribution in [0, 0.1) is 0 Å². The van der Waals surface area contributed by atoms with E-state index in [2.05, 4.69) is 35.5 Å². The summed E-state index contributed by atoms with van der Waals surface area (Å²) < 4.78 is 0. The first-order valence-electron chi connectivity index (χ1n) is 5.66. The highest BCUT2D eigenvalue weighted by molar-refractivity contribution is 7.18.